The lowest BCUT2D eigenvalue weighted by Crippen LogP contribution is -2.28. The largest absolute Gasteiger partial charge is 0.356 e. The Labute approximate surface area is 83.2 Å². The zero-order chi connectivity index (χ0) is 9.56. The van der Waals surface area contributed by atoms with Gasteiger partial charge in [-0.05, 0) is 12.8 Å². The molecule has 1 amide bonds. The van der Waals surface area contributed by atoms with Crippen LogP contribution in [0.5, 0.6) is 0 Å². The first-order valence-corrected chi connectivity index (χ1v) is 5.37. The molecule has 12 heavy (non-hydrogen) atoms. The number of halogens is 1. The molecule has 0 spiro atoms. The lowest BCUT2D eigenvalue weighted by molar-refractivity contribution is -0.123. The molecule has 0 radical (unpaired) electrons. The van der Waals surface area contributed by atoms with Gasteiger partial charge in [-0.2, -0.15) is 0 Å². The first-order chi connectivity index (χ1) is 5.54. The van der Waals surface area contributed by atoms with Gasteiger partial charge in [0.05, 0.1) is 0 Å². The van der Waals surface area contributed by atoms with Gasteiger partial charge in [-0.15, -0.1) is 0 Å². The van der Waals surface area contributed by atoms with Crippen molar-refractivity contribution in [1.29, 1.82) is 0 Å². The lowest BCUT2D eigenvalue weighted by atomic mass is 10.2. The third kappa shape index (κ3) is 6.65. The topological polar surface area (TPSA) is 29.1 Å². The van der Waals surface area contributed by atoms with Gasteiger partial charge in [-0.1, -0.05) is 36.7 Å². The number of hydrogen-bond donors (Lipinski definition) is 1. The summed E-state index contributed by atoms with van der Waals surface area (Å²) < 4.78 is 0. The van der Waals surface area contributed by atoms with E-state index >= 15 is 0 Å². The minimum Gasteiger partial charge on any atom is -0.356 e. The minimum absolute atomic E-state index is 0.103. The summed E-state index contributed by atoms with van der Waals surface area (Å²) >= 11 is 3.46. The first kappa shape index (κ1) is 11.9. The maximum atomic E-state index is 11.1. The van der Waals surface area contributed by atoms with Gasteiger partial charge in [-0.3, -0.25) is 4.79 Å². The fourth-order valence-electron chi connectivity index (χ4n) is 0.799. The van der Waals surface area contributed by atoms with Gasteiger partial charge in [0, 0.05) is 17.3 Å². The molecular weight excluding hydrogens is 218 g/mol. The Morgan fingerprint density at radius 2 is 2.00 bits per heavy atom. The highest BCUT2D eigenvalue weighted by molar-refractivity contribution is 9.09. The number of alkyl halides is 1. The van der Waals surface area contributed by atoms with Crippen LogP contribution in [0.15, 0.2) is 0 Å². The Kier molecular flexibility index (Phi) is 6.44. The molecule has 0 fully saturated rings. The molecule has 0 aliphatic carbocycles. The van der Waals surface area contributed by atoms with Crippen molar-refractivity contribution < 1.29 is 4.79 Å². The van der Waals surface area contributed by atoms with Crippen molar-refractivity contribution in [3.8, 4) is 0 Å². The van der Waals surface area contributed by atoms with Crippen molar-refractivity contribution in [2.45, 2.75) is 38.4 Å². The second-order valence-corrected chi connectivity index (χ2v) is 4.93. The molecule has 0 rings (SSSR count). The number of amides is 1. The van der Waals surface area contributed by atoms with E-state index < -0.39 is 0 Å². The second kappa shape index (κ2) is 6.46. The third-order valence-electron chi connectivity index (χ3n) is 1.60. The van der Waals surface area contributed by atoms with E-state index in [1.54, 1.807) is 0 Å². The third-order valence-corrected chi connectivity index (χ3v) is 2.06. The smallest absolute Gasteiger partial charge is 0.222 e. The fraction of sp³-hybridized carbons (Fsp3) is 0.889. The summed E-state index contributed by atoms with van der Waals surface area (Å²) in [4.78, 5) is 11.6. The lowest BCUT2D eigenvalue weighted by Gasteiger charge is -2.07. The van der Waals surface area contributed by atoms with Crippen LogP contribution >= 0.6 is 15.9 Å². The Bertz CT molecular complexity index is 134. The van der Waals surface area contributed by atoms with Crippen molar-refractivity contribution in [2.24, 2.45) is 5.92 Å². The number of hydrogen-bond acceptors (Lipinski definition) is 1. The highest BCUT2D eigenvalue weighted by Crippen LogP contribution is 2.05. The standard InChI is InChI=1S/C9H18BrNO/c1-7(2)9(12)11-6-4-5-8(3)10/h7-8H,4-6H2,1-3H3,(H,11,12). The molecule has 1 unspecified atom stereocenters. The van der Waals surface area contributed by atoms with Crippen LogP contribution < -0.4 is 5.32 Å². The van der Waals surface area contributed by atoms with Crippen LogP contribution in [-0.2, 0) is 4.79 Å². The average Bonchev–Trinajstić information content (AvgIpc) is 1.97. The average molecular weight is 236 g/mol. The van der Waals surface area contributed by atoms with Crippen molar-refractivity contribution in [3.05, 3.63) is 0 Å². The van der Waals surface area contributed by atoms with E-state index in [9.17, 15) is 4.79 Å². The van der Waals surface area contributed by atoms with Gasteiger partial charge in [0.2, 0.25) is 5.91 Å². The highest BCUT2D eigenvalue weighted by Gasteiger charge is 2.04. The molecule has 0 saturated carbocycles. The summed E-state index contributed by atoms with van der Waals surface area (Å²) in [7, 11) is 0. The Hall–Kier alpha value is -0.0500. The van der Waals surface area contributed by atoms with Crippen LogP contribution in [-0.4, -0.2) is 17.3 Å². The van der Waals surface area contributed by atoms with E-state index in [0.29, 0.717) is 4.83 Å². The Morgan fingerprint density at radius 3 is 2.42 bits per heavy atom. The van der Waals surface area contributed by atoms with Crippen LogP contribution in [0.4, 0.5) is 0 Å². The van der Waals surface area contributed by atoms with Crippen molar-refractivity contribution in [2.75, 3.05) is 6.54 Å². The number of nitrogens with one attached hydrogen (secondary N) is 1. The van der Waals surface area contributed by atoms with E-state index in [1.165, 1.54) is 0 Å². The van der Waals surface area contributed by atoms with Crippen LogP contribution in [0, 0.1) is 5.92 Å². The van der Waals surface area contributed by atoms with Gasteiger partial charge >= 0.3 is 0 Å². The normalized spacial score (nSPS) is 13.1. The van der Waals surface area contributed by atoms with E-state index in [4.69, 9.17) is 0 Å². The Balaban J connectivity index is 3.26. The van der Waals surface area contributed by atoms with Gasteiger partial charge in [0.25, 0.3) is 0 Å². The first-order valence-electron chi connectivity index (χ1n) is 4.45. The molecular formula is C9H18BrNO. The van der Waals surface area contributed by atoms with Crippen molar-refractivity contribution in [1.82, 2.24) is 5.32 Å². The summed E-state index contributed by atoms with van der Waals surface area (Å²) in [6.07, 6.45) is 2.16. The number of carbonyl (C=O) groups is 1. The van der Waals surface area contributed by atoms with E-state index in [2.05, 4.69) is 28.2 Å². The van der Waals surface area contributed by atoms with Crippen molar-refractivity contribution >= 4 is 21.8 Å². The molecule has 0 saturated heterocycles. The summed E-state index contributed by atoms with van der Waals surface area (Å²) in [5, 5.41) is 2.88. The maximum absolute atomic E-state index is 11.1. The van der Waals surface area contributed by atoms with Crippen LogP contribution in [0.2, 0.25) is 0 Å². The monoisotopic (exact) mass is 235 g/mol. The fourth-order valence-corrected chi connectivity index (χ4v) is 1.12. The molecule has 0 aliphatic rings. The molecule has 0 aromatic carbocycles. The van der Waals surface area contributed by atoms with Crippen LogP contribution in [0.3, 0.4) is 0 Å². The molecule has 2 nitrogen and oxygen atoms in total. The predicted molar refractivity (Wildman–Crippen MR) is 55.5 cm³/mol. The van der Waals surface area contributed by atoms with Gasteiger partial charge in [-0.25, -0.2) is 0 Å². The van der Waals surface area contributed by atoms with E-state index in [0.717, 1.165) is 19.4 Å². The van der Waals surface area contributed by atoms with E-state index in [-0.39, 0.29) is 11.8 Å². The predicted octanol–water partition coefficient (Wildman–Crippen LogP) is 2.32. The summed E-state index contributed by atoms with van der Waals surface area (Å²) in [6, 6.07) is 0. The second-order valence-electron chi connectivity index (χ2n) is 3.37. The molecule has 0 heterocycles. The SMILES string of the molecule is CC(Br)CCCNC(=O)C(C)C. The zero-order valence-electron chi connectivity index (χ0n) is 8.06. The van der Waals surface area contributed by atoms with Crippen LogP contribution in [0.25, 0.3) is 0 Å². The Morgan fingerprint density at radius 1 is 1.42 bits per heavy atom. The molecule has 0 aromatic heterocycles. The van der Waals surface area contributed by atoms with Gasteiger partial charge in [0.15, 0.2) is 0 Å². The molecule has 72 valence electrons. The molecule has 1 N–H and O–H groups in total. The zero-order valence-corrected chi connectivity index (χ0v) is 9.65. The number of carbonyl (C=O) groups excluding carboxylic acids is 1. The molecule has 0 aliphatic heterocycles. The number of rotatable bonds is 5. The highest BCUT2D eigenvalue weighted by atomic mass is 79.9. The van der Waals surface area contributed by atoms with E-state index in [1.807, 2.05) is 13.8 Å². The molecule has 1 atom stereocenters. The minimum atomic E-state index is 0.103. The van der Waals surface area contributed by atoms with Crippen molar-refractivity contribution in [3.63, 3.8) is 0 Å². The van der Waals surface area contributed by atoms with Gasteiger partial charge in [0.1, 0.15) is 0 Å². The maximum Gasteiger partial charge on any atom is 0.222 e. The molecule has 0 bridgehead atoms. The molecule has 0 aromatic rings. The van der Waals surface area contributed by atoms with Crippen LogP contribution in [0.1, 0.15) is 33.6 Å². The van der Waals surface area contributed by atoms with Gasteiger partial charge < -0.3 is 5.32 Å². The quantitative estimate of drug-likeness (QED) is 0.576. The molecule has 3 heteroatoms. The summed E-state index contributed by atoms with van der Waals surface area (Å²) in [5.74, 6) is 0.253. The summed E-state index contributed by atoms with van der Waals surface area (Å²) in [6.45, 7) is 6.72. The summed E-state index contributed by atoms with van der Waals surface area (Å²) in [5.41, 5.74) is 0.